The lowest BCUT2D eigenvalue weighted by atomic mass is 9.87. The summed E-state index contributed by atoms with van der Waals surface area (Å²) in [4.78, 5) is 12.3. The summed E-state index contributed by atoms with van der Waals surface area (Å²) in [6, 6.07) is 12.4. The van der Waals surface area contributed by atoms with E-state index in [9.17, 15) is 4.79 Å². The first-order valence-corrected chi connectivity index (χ1v) is 8.51. The molecular formula is C18H18Cl2N2OS. The van der Waals surface area contributed by atoms with Gasteiger partial charge < -0.3 is 5.32 Å². The highest BCUT2D eigenvalue weighted by Gasteiger charge is 2.15. The molecule has 0 aliphatic carbocycles. The Balaban J connectivity index is 2.04. The summed E-state index contributed by atoms with van der Waals surface area (Å²) in [5.41, 5.74) is 2.27. The van der Waals surface area contributed by atoms with E-state index in [-0.39, 0.29) is 16.4 Å². The van der Waals surface area contributed by atoms with Gasteiger partial charge in [0, 0.05) is 10.6 Å². The lowest BCUT2D eigenvalue weighted by molar-refractivity contribution is 0.0977. The Labute approximate surface area is 157 Å². The van der Waals surface area contributed by atoms with Gasteiger partial charge in [0.25, 0.3) is 5.91 Å². The van der Waals surface area contributed by atoms with Crippen LogP contribution in [-0.4, -0.2) is 11.0 Å². The van der Waals surface area contributed by atoms with E-state index in [1.165, 1.54) is 0 Å². The summed E-state index contributed by atoms with van der Waals surface area (Å²) >= 11 is 17.1. The topological polar surface area (TPSA) is 41.1 Å². The molecule has 0 heterocycles. The maximum absolute atomic E-state index is 12.3. The fourth-order valence-electron chi connectivity index (χ4n) is 2.04. The molecule has 0 radical (unpaired) electrons. The van der Waals surface area contributed by atoms with E-state index in [1.54, 1.807) is 30.3 Å². The van der Waals surface area contributed by atoms with E-state index in [2.05, 4.69) is 31.4 Å². The first-order chi connectivity index (χ1) is 11.2. The number of halogens is 2. The Bertz CT molecular complexity index is 768. The van der Waals surface area contributed by atoms with Crippen LogP contribution in [0.1, 0.15) is 36.7 Å². The zero-order chi connectivity index (χ0) is 17.9. The van der Waals surface area contributed by atoms with Crippen LogP contribution in [0.3, 0.4) is 0 Å². The van der Waals surface area contributed by atoms with Crippen molar-refractivity contribution in [1.29, 1.82) is 0 Å². The molecule has 126 valence electrons. The van der Waals surface area contributed by atoms with Gasteiger partial charge in [-0.05, 0) is 53.5 Å². The number of carbonyl (C=O) groups excluding carboxylic acids is 1. The number of thiocarbonyl (C=S) groups is 1. The van der Waals surface area contributed by atoms with Gasteiger partial charge in [0.1, 0.15) is 0 Å². The van der Waals surface area contributed by atoms with Gasteiger partial charge in [0.15, 0.2) is 5.11 Å². The number of hydrogen-bond acceptors (Lipinski definition) is 2. The molecule has 0 saturated carbocycles. The molecule has 2 aromatic carbocycles. The highest BCUT2D eigenvalue weighted by Crippen LogP contribution is 2.25. The van der Waals surface area contributed by atoms with Gasteiger partial charge in [-0.1, -0.05) is 56.1 Å². The molecule has 1 amide bonds. The summed E-state index contributed by atoms with van der Waals surface area (Å²) in [5, 5.41) is 6.64. The van der Waals surface area contributed by atoms with Crippen molar-refractivity contribution in [3.63, 3.8) is 0 Å². The number of amides is 1. The quantitative estimate of drug-likeness (QED) is 0.683. The van der Waals surface area contributed by atoms with Crippen LogP contribution in [0, 0.1) is 0 Å². The minimum atomic E-state index is -0.286. The third-order valence-electron chi connectivity index (χ3n) is 3.42. The zero-order valence-corrected chi connectivity index (χ0v) is 15.9. The SMILES string of the molecule is CC(C)(C)c1ccc(C(=O)NC(=S)Nc2cc(Cl)ccc2Cl)cc1. The Morgan fingerprint density at radius 3 is 2.25 bits per heavy atom. The molecule has 0 atom stereocenters. The summed E-state index contributed by atoms with van der Waals surface area (Å²) in [7, 11) is 0. The maximum atomic E-state index is 12.3. The Hall–Kier alpha value is -1.62. The van der Waals surface area contributed by atoms with Crippen LogP contribution in [0.4, 0.5) is 5.69 Å². The summed E-state index contributed by atoms with van der Waals surface area (Å²) < 4.78 is 0. The molecule has 0 aliphatic heterocycles. The van der Waals surface area contributed by atoms with E-state index in [0.717, 1.165) is 5.56 Å². The minimum Gasteiger partial charge on any atom is -0.331 e. The second-order valence-electron chi connectivity index (χ2n) is 6.36. The third kappa shape index (κ3) is 4.94. The number of nitrogens with one attached hydrogen (secondary N) is 2. The predicted octanol–water partition coefficient (Wildman–Crippen LogP) is 5.42. The highest BCUT2D eigenvalue weighted by atomic mass is 35.5. The molecule has 0 spiro atoms. The van der Waals surface area contributed by atoms with E-state index in [0.29, 0.717) is 21.3 Å². The molecule has 3 nitrogen and oxygen atoms in total. The van der Waals surface area contributed by atoms with E-state index < -0.39 is 0 Å². The lowest BCUT2D eigenvalue weighted by Gasteiger charge is -2.19. The van der Waals surface area contributed by atoms with Crippen LogP contribution >= 0.6 is 35.4 Å². The lowest BCUT2D eigenvalue weighted by Crippen LogP contribution is -2.34. The minimum absolute atomic E-state index is 0.0369. The largest absolute Gasteiger partial charge is 0.331 e. The van der Waals surface area contributed by atoms with Gasteiger partial charge in [-0.15, -0.1) is 0 Å². The molecule has 0 aliphatic rings. The van der Waals surface area contributed by atoms with Crippen LogP contribution in [0.5, 0.6) is 0 Å². The van der Waals surface area contributed by atoms with Gasteiger partial charge in [-0.3, -0.25) is 10.1 Å². The van der Waals surface area contributed by atoms with E-state index in [1.807, 2.05) is 12.1 Å². The van der Waals surface area contributed by atoms with Gasteiger partial charge >= 0.3 is 0 Å². The number of anilines is 1. The average molecular weight is 381 g/mol. The smallest absolute Gasteiger partial charge is 0.257 e. The molecule has 0 bridgehead atoms. The Morgan fingerprint density at radius 1 is 1.04 bits per heavy atom. The normalized spacial score (nSPS) is 11.0. The molecule has 0 aromatic heterocycles. The van der Waals surface area contributed by atoms with Crippen LogP contribution in [-0.2, 0) is 5.41 Å². The van der Waals surface area contributed by atoms with Crippen molar-refractivity contribution in [2.45, 2.75) is 26.2 Å². The van der Waals surface area contributed by atoms with Crippen molar-refractivity contribution in [2.75, 3.05) is 5.32 Å². The van der Waals surface area contributed by atoms with Gasteiger partial charge in [-0.2, -0.15) is 0 Å². The Morgan fingerprint density at radius 2 is 1.67 bits per heavy atom. The predicted molar refractivity (Wildman–Crippen MR) is 105 cm³/mol. The molecule has 6 heteroatoms. The molecule has 0 saturated heterocycles. The first kappa shape index (κ1) is 18.7. The monoisotopic (exact) mass is 380 g/mol. The van der Waals surface area contributed by atoms with Crippen molar-refractivity contribution >= 4 is 52.1 Å². The summed E-state index contributed by atoms with van der Waals surface area (Å²) in [6.07, 6.45) is 0. The molecule has 0 unspecified atom stereocenters. The molecule has 2 aromatic rings. The third-order valence-corrected chi connectivity index (χ3v) is 4.19. The molecular weight excluding hydrogens is 363 g/mol. The number of hydrogen-bond donors (Lipinski definition) is 2. The van der Waals surface area contributed by atoms with Crippen molar-refractivity contribution in [3.05, 3.63) is 63.6 Å². The number of benzene rings is 2. The zero-order valence-electron chi connectivity index (χ0n) is 13.6. The van der Waals surface area contributed by atoms with E-state index >= 15 is 0 Å². The van der Waals surface area contributed by atoms with Crippen molar-refractivity contribution < 1.29 is 4.79 Å². The van der Waals surface area contributed by atoms with Gasteiger partial charge in [0.05, 0.1) is 10.7 Å². The first-order valence-electron chi connectivity index (χ1n) is 7.35. The van der Waals surface area contributed by atoms with Crippen molar-refractivity contribution in [1.82, 2.24) is 5.32 Å². The summed E-state index contributed by atoms with van der Waals surface area (Å²) in [6.45, 7) is 6.36. The summed E-state index contributed by atoms with van der Waals surface area (Å²) in [5.74, 6) is -0.286. The average Bonchev–Trinajstić information content (AvgIpc) is 2.50. The van der Waals surface area contributed by atoms with Crippen molar-refractivity contribution in [3.8, 4) is 0 Å². The van der Waals surface area contributed by atoms with Crippen LogP contribution in [0.25, 0.3) is 0 Å². The fourth-order valence-corrected chi connectivity index (χ4v) is 2.58. The maximum Gasteiger partial charge on any atom is 0.257 e. The fraction of sp³-hybridized carbons (Fsp3) is 0.222. The van der Waals surface area contributed by atoms with Crippen LogP contribution in [0.2, 0.25) is 10.0 Å². The number of carbonyl (C=O) groups is 1. The van der Waals surface area contributed by atoms with Crippen molar-refractivity contribution in [2.24, 2.45) is 0 Å². The molecule has 24 heavy (non-hydrogen) atoms. The Kier molecular flexibility index (Phi) is 5.86. The molecule has 2 rings (SSSR count). The van der Waals surface area contributed by atoms with Gasteiger partial charge in [-0.25, -0.2) is 0 Å². The molecule has 0 fully saturated rings. The standard InChI is InChI=1S/C18H18Cl2N2OS/c1-18(2,3)12-6-4-11(5-7-12)16(23)22-17(24)21-15-10-13(19)8-9-14(15)20/h4-10H,1-3H3,(H2,21,22,23,24). The van der Waals surface area contributed by atoms with Crippen LogP contribution < -0.4 is 10.6 Å². The second kappa shape index (κ2) is 7.51. The second-order valence-corrected chi connectivity index (χ2v) is 7.61. The number of rotatable bonds is 2. The van der Waals surface area contributed by atoms with E-state index in [4.69, 9.17) is 35.4 Å². The highest BCUT2D eigenvalue weighted by molar-refractivity contribution is 7.80. The van der Waals surface area contributed by atoms with Crippen LogP contribution in [0.15, 0.2) is 42.5 Å². The van der Waals surface area contributed by atoms with Gasteiger partial charge in [0.2, 0.25) is 0 Å². The molecule has 2 N–H and O–H groups in total.